The third-order valence-electron chi connectivity index (χ3n) is 4.71. The van der Waals surface area contributed by atoms with Crippen LogP contribution in [-0.4, -0.2) is 51.9 Å². The van der Waals surface area contributed by atoms with Gasteiger partial charge >= 0.3 is 0 Å². The standard InChI is InChI=1S/C19H29N3O3S/c1-11(2)9-25-10-15(23)7-22(14-5-6-14)8-16-20-18(24)17-12(3)13(4)26-19(17)21-16/h11,14-15,23H,5-10H2,1-4H3,(H,20,21,24). The van der Waals surface area contributed by atoms with Crippen LogP contribution in [0.5, 0.6) is 0 Å². The highest BCUT2D eigenvalue weighted by molar-refractivity contribution is 7.18. The third kappa shape index (κ3) is 4.71. The molecule has 2 aromatic heterocycles. The van der Waals surface area contributed by atoms with Gasteiger partial charge < -0.3 is 14.8 Å². The average molecular weight is 380 g/mol. The fourth-order valence-corrected chi connectivity index (χ4v) is 4.16. The number of aliphatic hydroxyl groups excluding tert-OH is 1. The maximum Gasteiger partial charge on any atom is 0.259 e. The Bertz CT molecular complexity index is 810. The molecule has 1 fully saturated rings. The number of hydrogen-bond acceptors (Lipinski definition) is 6. The molecule has 26 heavy (non-hydrogen) atoms. The lowest BCUT2D eigenvalue weighted by Gasteiger charge is -2.24. The molecule has 0 spiro atoms. The van der Waals surface area contributed by atoms with E-state index >= 15 is 0 Å². The van der Waals surface area contributed by atoms with Gasteiger partial charge in [0.2, 0.25) is 0 Å². The highest BCUT2D eigenvalue weighted by Gasteiger charge is 2.31. The van der Waals surface area contributed by atoms with Crippen molar-refractivity contribution in [3.8, 4) is 0 Å². The van der Waals surface area contributed by atoms with Gasteiger partial charge in [0.25, 0.3) is 5.56 Å². The summed E-state index contributed by atoms with van der Waals surface area (Å²) in [7, 11) is 0. The van der Waals surface area contributed by atoms with Crippen molar-refractivity contribution >= 4 is 21.6 Å². The number of aryl methyl sites for hydroxylation is 2. The molecule has 1 atom stereocenters. The maximum absolute atomic E-state index is 12.5. The zero-order valence-electron chi connectivity index (χ0n) is 16.0. The van der Waals surface area contributed by atoms with Crippen molar-refractivity contribution in [2.45, 2.75) is 59.2 Å². The molecule has 1 aliphatic carbocycles. The van der Waals surface area contributed by atoms with Crippen LogP contribution in [0.2, 0.25) is 0 Å². The molecule has 1 aliphatic rings. The summed E-state index contributed by atoms with van der Waals surface area (Å²) >= 11 is 1.57. The maximum atomic E-state index is 12.5. The van der Waals surface area contributed by atoms with Gasteiger partial charge in [-0.15, -0.1) is 11.3 Å². The second kappa shape index (κ2) is 8.17. The summed E-state index contributed by atoms with van der Waals surface area (Å²) in [5.41, 5.74) is 0.950. The van der Waals surface area contributed by atoms with E-state index in [1.165, 1.54) is 0 Å². The van der Waals surface area contributed by atoms with E-state index in [4.69, 9.17) is 4.74 Å². The second-order valence-corrected chi connectivity index (χ2v) is 8.92. The average Bonchev–Trinajstić information content (AvgIpc) is 3.34. The minimum atomic E-state index is -0.531. The lowest BCUT2D eigenvalue weighted by atomic mass is 10.2. The van der Waals surface area contributed by atoms with Crippen LogP contribution in [0.25, 0.3) is 10.2 Å². The zero-order valence-corrected chi connectivity index (χ0v) is 16.9. The number of nitrogens with one attached hydrogen (secondary N) is 1. The molecule has 144 valence electrons. The van der Waals surface area contributed by atoms with E-state index in [9.17, 15) is 9.90 Å². The SMILES string of the molecule is Cc1sc2nc(CN(CC(O)COCC(C)C)C3CC3)[nH]c(=O)c2c1C. The van der Waals surface area contributed by atoms with E-state index in [1.54, 1.807) is 11.3 Å². The highest BCUT2D eigenvalue weighted by atomic mass is 32.1. The van der Waals surface area contributed by atoms with Crippen molar-refractivity contribution in [3.63, 3.8) is 0 Å². The van der Waals surface area contributed by atoms with Gasteiger partial charge in [0.1, 0.15) is 10.7 Å². The fraction of sp³-hybridized carbons (Fsp3) is 0.684. The number of thiophene rings is 1. The predicted octanol–water partition coefficient (Wildman–Crippen LogP) is 2.60. The van der Waals surface area contributed by atoms with Crippen LogP contribution in [0.3, 0.4) is 0 Å². The van der Waals surface area contributed by atoms with Gasteiger partial charge in [-0.3, -0.25) is 9.69 Å². The molecule has 2 heterocycles. The smallest absolute Gasteiger partial charge is 0.259 e. The fourth-order valence-electron chi connectivity index (χ4n) is 3.11. The Kier molecular flexibility index (Phi) is 6.12. The van der Waals surface area contributed by atoms with Crippen LogP contribution in [0.1, 0.15) is 43.0 Å². The molecule has 0 aromatic carbocycles. The number of ether oxygens (including phenoxy) is 1. The van der Waals surface area contributed by atoms with E-state index in [2.05, 4.69) is 28.7 Å². The highest BCUT2D eigenvalue weighted by Crippen LogP contribution is 2.29. The first-order chi connectivity index (χ1) is 12.3. The van der Waals surface area contributed by atoms with Gasteiger partial charge in [-0.2, -0.15) is 0 Å². The van der Waals surface area contributed by atoms with Crippen molar-refractivity contribution in [2.24, 2.45) is 5.92 Å². The Hall–Kier alpha value is -1.28. The lowest BCUT2D eigenvalue weighted by molar-refractivity contribution is 0.00510. The number of H-pyrrole nitrogens is 1. The first kappa shape index (κ1) is 19.5. The van der Waals surface area contributed by atoms with Crippen LogP contribution in [0, 0.1) is 19.8 Å². The molecule has 1 saturated carbocycles. The predicted molar refractivity (Wildman–Crippen MR) is 105 cm³/mol. The molecule has 0 bridgehead atoms. The van der Waals surface area contributed by atoms with E-state index in [0.29, 0.717) is 49.5 Å². The first-order valence-corrected chi connectivity index (χ1v) is 10.2. The first-order valence-electron chi connectivity index (χ1n) is 9.34. The summed E-state index contributed by atoms with van der Waals surface area (Å²) in [6.07, 6.45) is 1.73. The topological polar surface area (TPSA) is 78.5 Å². The second-order valence-electron chi connectivity index (χ2n) is 7.72. The molecule has 6 nitrogen and oxygen atoms in total. The third-order valence-corrected chi connectivity index (χ3v) is 5.81. The number of rotatable bonds is 9. The van der Waals surface area contributed by atoms with Crippen molar-refractivity contribution < 1.29 is 9.84 Å². The normalized spacial score (nSPS) is 16.1. The van der Waals surface area contributed by atoms with Crippen LogP contribution < -0.4 is 5.56 Å². The summed E-state index contributed by atoms with van der Waals surface area (Å²) in [6, 6.07) is 0.461. The van der Waals surface area contributed by atoms with Gasteiger partial charge in [0.15, 0.2) is 0 Å². The molecule has 0 radical (unpaired) electrons. The Morgan fingerprint density at radius 1 is 1.35 bits per heavy atom. The van der Waals surface area contributed by atoms with E-state index < -0.39 is 6.10 Å². The Morgan fingerprint density at radius 2 is 2.08 bits per heavy atom. The molecule has 2 N–H and O–H groups in total. The van der Waals surface area contributed by atoms with Crippen molar-refractivity contribution in [1.29, 1.82) is 0 Å². The number of fused-ring (bicyclic) bond motifs is 1. The van der Waals surface area contributed by atoms with Crippen LogP contribution in [-0.2, 0) is 11.3 Å². The van der Waals surface area contributed by atoms with Gasteiger partial charge in [0.05, 0.1) is 24.6 Å². The molecular weight excluding hydrogens is 350 g/mol. The summed E-state index contributed by atoms with van der Waals surface area (Å²) in [5, 5.41) is 11.0. The number of aromatic amines is 1. The molecular formula is C19H29N3O3S. The minimum Gasteiger partial charge on any atom is -0.389 e. The number of aromatic nitrogens is 2. The Morgan fingerprint density at radius 3 is 2.73 bits per heavy atom. The number of aliphatic hydroxyl groups is 1. The molecule has 3 rings (SSSR count). The minimum absolute atomic E-state index is 0.0663. The van der Waals surface area contributed by atoms with Crippen molar-refractivity contribution in [2.75, 3.05) is 19.8 Å². The summed E-state index contributed by atoms with van der Waals surface area (Å²) in [4.78, 5) is 24.2. The van der Waals surface area contributed by atoms with Crippen LogP contribution >= 0.6 is 11.3 Å². The number of nitrogens with zero attached hydrogens (tertiary/aromatic N) is 2. The van der Waals surface area contributed by atoms with Gasteiger partial charge in [-0.1, -0.05) is 13.8 Å². The van der Waals surface area contributed by atoms with Gasteiger partial charge in [-0.25, -0.2) is 4.98 Å². The molecule has 0 saturated heterocycles. The van der Waals surface area contributed by atoms with E-state index in [1.807, 2.05) is 13.8 Å². The monoisotopic (exact) mass is 379 g/mol. The Labute approximate surface area is 158 Å². The quantitative estimate of drug-likeness (QED) is 0.700. The largest absolute Gasteiger partial charge is 0.389 e. The summed E-state index contributed by atoms with van der Waals surface area (Å²) < 4.78 is 5.55. The summed E-state index contributed by atoms with van der Waals surface area (Å²) in [6.45, 7) is 10.3. The number of hydrogen-bond donors (Lipinski definition) is 2. The van der Waals surface area contributed by atoms with E-state index in [0.717, 1.165) is 28.1 Å². The van der Waals surface area contributed by atoms with Crippen LogP contribution in [0.4, 0.5) is 0 Å². The van der Waals surface area contributed by atoms with Crippen LogP contribution in [0.15, 0.2) is 4.79 Å². The van der Waals surface area contributed by atoms with Gasteiger partial charge in [-0.05, 0) is 38.2 Å². The van der Waals surface area contributed by atoms with E-state index in [-0.39, 0.29) is 5.56 Å². The zero-order chi connectivity index (χ0) is 18.8. The molecule has 7 heteroatoms. The van der Waals surface area contributed by atoms with Crippen molar-refractivity contribution in [3.05, 3.63) is 26.6 Å². The summed E-state index contributed by atoms with van der Waals surface area (Å²) in [5.74, 6) is 1.13. The Balaban J connectivity index is 1.68. The molecule has 0 amide bonds. The molecule has 2 aromatic rings. The van der Waals surface area contributed by atoms with Gasteiger partial charge in [0, 0.05) is 24.1 Å². The van der Waals surface area contributed by atoms with Crippen molar-refractivity contribution in [1.82, 2.24) is 14.9 Å². The lowest BCUT2D eigenvalue weighted by Crippen LogP contribution is -2.37. The molecule has 1 unspecified atom stereocenters. The molecule has 0 aliphatic heterocycles.